The fourth-order valence-electron chi connectivity index (χ4n) is 1.50. The molecule has 0 aromatic carbocycles. The monoisotopic (exact) mass is 263 g/mol. The van der Waals surface area contributed by atoms with Gasteiger partial charge in [0.2, 0.25) is 5.88 Å². The molecule has 0 fully saturated rings. The van der Waals surface area contributed by atoms with Gasteiger partial charge in [-0.3, -0.25) is 0 Å². The molecule has 0 aliphatic heterocycles. The molecule has 2 heterocycles. The normalized spacial score (nSPS) is 10.2. The Bertz CT molecular complexity index is 528. The number of rotatable bonds is 4. The molecule has 5 heteroatoms. The van der Waals surface area contributed by atoms with Crippen LogP contribution >= 0.6 is 11.6 Å². The molecule has 94 valence electrons. The van der Waals surface area contributed by atoms with E-state index in [1.54, 1.807) is 19.5 Å². The van der Waals surface area contributed by atoms with Gasteiger partial charge < -0.3 is 10.1 Å². The van der Waals surface area contributed by atoms with E-state index in [0.29, 0.717) is 17.6 Å². The fourth-order valence-corrected chi connectivity index (χ4v) is 1.60. The van der Waals surface area contributed by atoms with Gasteiger partial charge >= 0.3 is 0 Å². The van der Waals surface area contributed by atoms with Gasteiger partial charge in [-0.2, -0.15) is 0 Å². The molecular formula is C13H14ClN3O. The maximum absolute atomic E-state index is 5.87. The van der Waals surface area contributed by atoms with Gasteiger partial charge in [0.25, 0.3) is 0 Å². The van der Waals surface area contributed by atoms with Gasteiger partial charge in [0.1, 0.15) is 5.15 Å². The number of pyridine rings is 2. The highest BCUT2D eigenvalue weighted by molar-refractivity contribution is 6.30. The average Bonchev–Trinajstić information content (AvgIpc) is 2.41. The van der Waals surface area contributed by atoms with Crippen molar-refractivity contribution in [1.29, 1.82) is 0 Å². The molecule has 1 N–H and O–H groups in total. The summed E-state index contributed by atoms with van der Waals surface area (Å²) in [5.41, 5.74) is 2.96. The van der Waals surface area contributed by atoms with Crippen LogP contribution < -0.4 is 10.1 Å². The van der Waals surface area contributed by atoms with Crippen molar-refractivity contribution in [3.63, 3.8) is 0 Å². The highest BCUT2D eigenvalue weighted by atomic mass is 35.5. The molecule has 2 rings (SSSR count). The SMILES string of the molecule is COc1ccc(CNc2cnc(Cl)c(C)c2)cn1. The van der Waals surface area contributed by atoms with E-state index in [9.17, 15) is 0 Å². The Kier molecular flexibility index (Phi) is 3.99. The van der Waals surface area contributed by atoms with Gasteiger partial charge in [-0.05, 0) is 24.1 Å². The van der Waals surface area contributed by atoms with Gasteiger partial charge in [0.15, 0.2) is 0 Å². The van der Waals surface area contributed by atoms with E-state index in [4.69, 9.17) is 16.3 Å². The number of anilines is 1. The van der Waals surface area contributed by atoms with Gasteiger partial charge in [-0.25, -0.2) is 9.97 Å². The molecule has 0 radical (unpaired) electrons. The summed E-state index contributed by atoms with van der Waals surface area (Å²) >= 11 is 5.87. The summed E-state index contributed by atoms with van der Waals surface area (Å²) in [6.07, 6.45) is 3.49. The average molecular weight is 264 g/mol. The van der Waals surface area contributed by atoms with Gasteiger partial charge in [-0.15, -0.1) is 0 Å². The van der Waals surface area contributed by atoms with Crippen molar-refractivity contribution in [2.45, 2.75) is 13.5 Å². The maximum Gasteiger partial charge on any atom is 0.212 e. The number of aryl methyl sites for hydroxylation is 1. The van der Waals surface area contributed by atoms with Crippen molar-refractivity contribution in [1.82, 2.24) is 9.97 Å². The molecule has 2 aromatic heterocycles. The number of hydrogen-bond acceptors (Lipinski definition) is 4. The molecular weight excluding hydrogens is 250 g/mol. The van der Waals surface area contributed by atoms with E-state index < -0.39 is 0 Å². The number of nitrogens with zero attached hydrogens (tertiary/aromatic N) is 2. The van der Waals surface area contributed by atoms with Crippen LogP contribution in [0.1, 0.15) is 11.1 Å². The van der Waals surface area contributed by atoms with Crippen LogP contribution in [-0.2, 0) is 6.54 Å². The predicted molar refractivity (Wildman–Crippen MR) is 72.1 cm³/mol. The number of nitrogens with one attached hydrogen (secondary N) is 1. The van der Waals surface area contributed by atoms with E-state index in [-0.39, 0.29) is 0 Å². The molecule has 4 nitrogen and oxygen atoms in total. The van der Waals surface area contributed by atoms with E-state index in [2.05, 4.69) is 15.3 Å². The minimum absolute atomic E-state index is 0.534. The molecule has 0 spiro atoms. The minimum Gasteiger partial charge on any atom is -0.481 e. The molecule has 0 amide bonds. The largest absolute Gasteiger partial charge is 0.481 e. The lowest BCUT2D eigenvalue weighted by Crippen LogP contribution is -2.01. The molecule has 0 aliphatic carbocycles. The van der Waals surface area contributed by atoms with Crippen molar-refractivity contribution < 1.29 is 4.74 Å². The Hall–Kier alpha value is -1.81. The molecule has 0 atom stereocenters. The van der Waals surface area contributed by atoms with Crippen LogP contribution in [0.15, 0.2) is 30.6 Å². The summed E-state index contributed by atoms with van der Waals surface area (Å²) in [5, 5.41) is 3.80. The predicted octanol–water partition coefficient (Wildman–Crippen LogP) is 3.06. The summed E-state index contributed by atoms with van der Waals surface area (Å²) in [5.74, 6) is 0.614. The minimum atomic E-state index is 0.534. The molecule has 18 heavy (non-hydrogen) atoms. The van der Waals surface area contributed by atoms with Crippen molar-refractivity contribution in [3.05, 3.63) is 46.9 Å². The highest BCUT2D eigenvalue weighted by Gasteiger charge is 2.00. The number of aromatic nitrogens is 2. The molecule has 0 aliphatic rings. The third kappa shape index (κ3) is 3.11. The van der Waals surface area contributed by atoms with Crippen molar-refractivity contribution in [3.8, 4) is 5.88 Å². The van der Waals surface area contributed by atoms with Crippen LogP contribution in [-0.4, -0.2) is 17.1 Å². The smallest absolute Gasteiger partial charge is 0.212 e. The lowest BCUT2D eigenvalue weighted by molar-refractivity contribution is 0.397. The number of ether oxygens (including phenoxy) is 1. The zero-order chi connectivity index (χ0) is 13.0. The Morgan fingerprint density at radius 3 is 2.72 bits per heavy atom. The number of halogens is 1. The third-order valence-corrected chi connectivity index (χ3v) is 2.91. The maximum atomic E-state index is 5.87. The van der Waals surface area contributed by atoms with E-state index in [1.165, 1.54) is 0 Å². The number of methoxy groups -OCH3 is 1. The van der Waals surface area contributed by atoms with Gasteiger partial charge in [-0.1, -0.05) is 17.7 Å². The molecule has 0 bridgehead atoms. The summed E-state index contributed by atoms with van der Waals surface area (Å²) in [6, 6.07) is 5.77. The van der Waals surface area contributed by atoms with Crippen molar-refractivity contribution in [2.24, 2.45) is 0 Å². The Morgan fingerprint density at radius 2 is 2.11 bits per heavy atom. The second-order valence-corrected chi connectivity index (χ2v) is 4.25. The Labute approximate surface area is 111 Å². The summed E-state index contributed by atoms with van der Waals surface area (Å²) in [7, 11) is 1.60. The summed E-state index contributed by atoms with van der Waals surface area (Å²) in [6.45, 7) is 2.61. The van der Waals surface area contributed by atoms with Crippen molar-refractivity contribution in [2.75, 3.05) is 12.4 Å². The van der Waals surface area contributed by atoms with E-state index in [1.807, 2.05) is 25.1 Å². The van der Waals surface area contributed by atoms with E-state index >= 15 is 0 Å². The summed E-state index contributed by atoms with van der Waals surface area (Å²) < 4.78 is 5.00. The first kappa shape index (κ1) is 12.6. The first-order valence-electron chi connectivity index (χ1n) is 5.54. The lowest BCUT2D eigenvalue weighted by Gasteiger charge is -2.07. The lowest BCUT2D eigenvalue weighted by atomic mass is 10.2. The van der Waals surface area contributed by atoms with E-state index in [0.717, 1.165) is 16.8 Å². The van der Waals surface area contributed by atoms with Crippen LogP contribution in [0.4, 0.5) is 5.69 Å². The first-order chi connectivity index (χ1) is 8.69. The first-order valence-corrected chi connectivity index (χ1v) is 5.92. The van der Waals surface area contributed by atoms with Gasteiger partial charge in [0, 0.05) is 18.8 Å². The second-order valence-electron chi connectivity index (χ2n) is 3.89. The zero-order valence-corrected chi connectivity index (χ0v) is 11.0. The molecule has 0 saturated carbocycles. The second kappa shape index (κ2) is 5.69. The standard InChI is InChI=1S/C13H14ClN3O/c1-9-5-11(8-17-13(9)14)15-6-10-3-4-12(18-2)16-7-10/h3-5,7-8,15H,6H2,1-2H3. The van der Waals surface area contributed by atoms with Crippen LogP contribution in [0.5, 0.6) is 5.88 Å². The van der Waals surface area contributed by atoms with Crippen LogP contribution in [0.2, 0.25) is 5.15 Å². The molecule has 2 aromatic rings. The molecule has 0 saturated heterocycles. The Balaban J connectivity index is 1.99. The van der Waals surface area contributed by atoms with Gasteiger partial charge in [0.05, 0.1) is 19.0 Å². The third-order valence-electron chi connectivity index (χ3n) is 2.52. The molecule has 0 unspecified atom stereocenters. The van der Waals surface area contributed by atoms with Crippen LogP contribution in [0.25, 0.3) is 0 Å². The topological polar surface area (TPSA) is 47.0 Å². The number of hydrogen-bond donors (Lipinski definition) is 1. The van der Waals surface area contributed by atoms with Crippen LogP contribution in [0.3, 0.4) is 0 Å². The quantitative estimate of drug-likeness (QED) is 0.862. The Morgan fingerprint density at radius 1 is 1.28 bits per heavy atom. The zero-order valence-electron chi connectivity index (χ0n) is 10.3. The fraction of sp³-hybridized carbons (Fsp3) is 0.231. The van der Waals surface area contributed by atoms with Crippen LogP contribution in [0, 0.1) is 6.92 Å². The highest BCUT2D eigenvalue weighted by Crippen LogP contribution is 2.17. The van der Waals surface area contributed by atoms with Crippen molar-refractivity contribution >= 4 is 17.3 Å². The summed E-state index contributed by atoms with van der Waals surface area (Å²) in [4.78, 5) is 8.23.